The van der Waals surface area contributed by atoms with Crippen molar-refractivity contribution in [1.82, 2.24) is 24.1 Å². The third-order valence-electron chi connectivity index (χ3n) is 5.63. The van der Waals surface area contributed by atoms with Gasteiger partial charge in [-0.1, -0.05) is 17.7 Å². The molecule has 0 aliphatic heterocycles. The SMILES string of the molecule is Cc1ccc(S(=O)(=O)OCCn2c(-c3cncc(Cn4ccnc4)c3)nc3cc(F)c(F)cc32)cc1. The largest absolute Gasteiger partial charge is 0.333 e. The Bertz CT molecular complexity index is 1630. The van der Waals surface area contributed by atoms with E-state index >= 15 is 0 Å². The van der Waals surface area contributed by atoms with Crippen LogP contribution in [0.25, 0.3) is 22.4 Å². The third kappa shape index (κ3) is 4.88. The molecule has 0 N–H and O–H groups in total. The number of hydrogen-bond acceptors (Lipinski definition) is 6. The molecule has 0 aliphatic rings. The Morgan fingerprint density at radius 2 is 1.78 bits per heavy atom. The van der Waals surface area contributed by atoms with Crippen LogP contribution in [0, 0.1) is 18.6 Å². The molecule has 3 aromatic heterocycles. The van der Waals surface area contributed by atoms with Gasteiger partial charge >= 0.3 is 0 Å². The van der Waals surface area contributed by atoms with E-state index in [1.165, 1.54) is 12.1 Å². The number of fused-ring (bicyclic) bond motifs is 1. The van der Waals surface area contributed by atoms with Gasteiger partial charge in [0.1, 0.15) is 5.82 Å². The van der Waals surface area contributed by atoms with Gasteiger partial charge in [-0.2, -0.15) is 8.42 Å². The molecular formula is C25H21F2N5O3S. The highest BCUT2D eigenvalue weighted by molar-refractivity contribution is 7.86. The zero-order chi connectivity index (χ0) is 25.3. The monoisotopic (exact) mass is 509 g/mol. The predicted molar refractivity (Wildman–Crippen MR) is 129 cm³/mol. The van der Waals surface area contributed by atoms with Crippen LogP contribution in [0.5, 0.6) is 0 Å². The zero-order valence-electron chi connectivity index (χ0n) is 19.2. The molecule has 0 saturated heterocycles. The van der Waals surface area contributed by atoms with E-state index in [0.29, 0.717) is 23.4 Å². The Morgan fingerprint density at radius 1 is 1.00 bits per heavy atom. The second-order valence-corrected chi connectivity index (χ2v) is 9.86. The highest BCUT2D eigenvalue weighted by Gasteiger charge is 2.19. The molecule has 0 aliphatic carbocycles. The maximum Gasteiger partial charge on any atom is 0.297 e. The molecule has 11 heteroatoms. The first-order chi connectivity index (χ1) is 17.3. The van der Waals surface area contributed by atoms with E-state index in [2.05, 4.69) is 15.0 Å². The Hall–Kier alpha value is -3.96. The average Bonchev–Trinajstić information content (AvgIpc) is 3.48. The molecule has 0 saturated carbocycles. The first-order valence-electron chi connectivity index (χ1n) is 11.0. The summed E-state index contributed by atoms with van der Waals surface area (Å²) in [6.07, 6.45) is 8.46. The molecule has 36 heavy (non-hydrogen) atoms. The van der Waals surface area contributed by atoms with Gasteiger partial charge in [0.05, 0.1) is 35.4 Å². The van der Waals surface area contributed by atoms with Crippen LogP contribution in [-0.2, 0) is 27.4 Å². The number of pyridine rings is 1. The molecule has 2 aromatic carbocycles. The fourth-order valence-corrected chi connectivity index (χ4v) is 4.76. The van der Waals surface area contributed by atoms with E-state index in [4.69, 9.17) is 4.18 Å². The fourth-order valence-electron chi connectivity index (χ4n) is 3.87. The Kier molecular flexibility index (Phi) is 6.33. The molecule has 5 aromatic rings. The molecule has 5 rings (SSSR count). The summed E-state index contributed by atoms with van der Waals surface area (Å²) < 4.78 is 62.0. The van der Waals surface area contributed by atoms with Crippen LogP contribution in [0.1, 0.15) is 11.1 Å². The maximum atomic E-state index is 14.1. The topological polar surface area (TPSA) is 91.9 Å². The molecule has 184 valence electrons. The molecule has 0 amide bonds. The lowest BCUT2D eigenvalue weighted by atomic mass is 10.2. The van der Waals surface area contributed by atoms with Crippen molar-refractivity contribution in [2.75, 3.05) is 6.61 Å². The van der Waals surface area contributed by atoms with Crippen LogP contribution in [0.2, 0.25) is 0 Å². The first kappa shape index (κ1) is 23.8. The molecule has 0 fully saturated rings. The fraction of sp³-hybridized carbons (Fsp3) is 0.160. The molecule has 0 atom stereocenters. The molecule has 0 bridgehead atoms. The van der Waals surface area contributed by atoms with Gasteiger partial charge in [-0.3, -0.25) is 9.17 Å². The summed E-state index contributed by atoms with van der Waals surface area (Å²) in [4.78, 5) is 12.9. The highest BCUT2D eigenvalue weighted by atomic mass is 32.2. The van der Waals surface area contributed by atoms with Crippen molar-refractivity contribution in [3.05, 3.63) is 96.3 Å². The molecule has 8 nitrogen and oxygen atoms in total. The molecule has 0 spiro atoms. The van der Waals surface area contributed by atoms with Crippen molar-refractivity contribution in [2.24, 2.45) is 0 Å². The summed E-state index contributed by atoms with van der Waals surface area (Å²) in [5, 5.41) is 0. The number of aromatic nitrogens is 5. The van der Waals surface area contributed by atoms with E-state index < -0.39 is 21.8 Å². The summed E-state index contributed by atoms with van der Waals surface area (Å²) in [6, 6.07) is 10.2. The second-order valence-electron chi connectivity index (χ2n) is 8.25. The van der Waals surface area contributed by atoms with E-state index in [1.54, 1.807) is 41.6 Å². The summed E-state index contributed by atoms with van der Waals surface area (Å²) in [7, 11) is -4.00. The minimum atomic E-state index is -4.00. The quantitative estimate of drug-likeness (QED) is 0.289. The summed E-state index contributed by atoms with van der Waals surface area (Å²) in [5.74, 6) is -1.68. The van der Waals surface area contributed by atoms with Crippen molar-refractivity contribution in [2.45, 2.75) is 24.9 Å². The summed E-state index contributed by atoms with van der Waals surface area (Å²) in [5.41, 5.74) is 2.91. The van der Waals surface area contributed by atoms with Crippen LogP contribution in [0.3, 0.4) is 0 Å². The van der Waals surface area contributed by atoms with Gasteiger partial charge in [-0.05, 0) is 30.7 Å². The smallest absolute Gasteiger partial charge is 0.297 e. The van der Waals surface area contributed by atoms with E-state index in [1.807, 2.05) is 23.8 Å². The number of benzene rings is 2. The molecule has 0 unspecified atom stereocenters. The van der Waals surface area contributed by atoms with Gasteiger partial charge < -0.3 is 9.13 Å². The number of imidazole rings is 2. The lowest BCUT2D eigenvalue weighted by molar-refractivity contribution is 0.303. The summed E-state index contributed by atoms with van der Waals surface area (Å²) >= 11 is 0. The number of nitrogens with zero attached hydrogens (tertiary/aromatic N) is 5. The standard InChI is InChI=1S/C25H21F2N5O3S/c1-17-2-4-20(5-3-17)36(33,34)35-9-8-32-24-12-22(27)21(26)11-23(24)30-25(32)19-10-18(13-29-14-19)15-31-7-6-28-16-31/h2-7,10-14,16H,8-9,15H2,1H3. The molecule has 0 radical (unpaired) electrons. The minimum Gasteiger partial charge on any atom is -0.333 e. The Morgan fingerprint density at radius 3 is 2.53 bits per heavy atom. The number of hydrogen-bond donors (Lipinski definition) is 0. The van der Waals surface area contributed by atoms with Crippen LogP contribution < -0.4 is 0 Å². The van der Waals surface area contributed by atoms with Crippen LogP contribution in [-0.4, -0.2) is 39.1 Å². The molecular weight excluding hydrogens is 488 g/mol. The lowest BCUT2D eigenvalue weighted by Gasteiger charge is -2.11. The number of aryl methyl sites for hydroxylation is 1. The number of halogens is 2. The van der Waals surface area contributed by atoms with E-state index in [-0.39, 0.29) is 23.6 Å². The normalized spacial score (nSPS) is 11.9. The van der Waals surface area contributed by atoms with Gasteiger partial charge in [-0.25, -0.2) is 18.7 Å². The van der Waals surface area contributed by atoms with Crippen molar-refractivity contribution in [1.29, 1.82) is 0 Å². The van der Waals surface area contributed by atoms with Gasteiger partial charge in [0.2, 0.25) is 0 Å². The van der Waals surface area contributed by atoms with E-state index in [9.17, 15) is 17.2 Å². The lowest BCUT2D eigenvalue weighted by Crippen LogP contribution is -2.13. The van der Waals surface area contributed by atoms with Gasteiger partial charge in [0, 0.05) is 49.0 Å². The maximum absolute atomic E-state index is 14.1. The van der Waals surface area contributed by atoms with Crippen molar-refractivity contribution in [3.63, 3.8) is 0 Å². The summed E-state index contributed by atoms with van der Waals surface area (Å²) in [6.45, 7) is 2.15. The number of rotatable bonds is 8. The van der Waals surface area contributed by atoms with Crippen molar-refractivity contribution in [3.8, 4) is 11.4 Å². The van der Waals surface area contributed by atoms with Crippen LogP contribution >= 0.6 is 0 Å². The average molecular weight is 510 g/mol. The van der Waals surface area contributed by atoms with Crippen LogP contribution in [0.4, 0.5) is 8.78 Å². The second kappa shape index (κ2) is 9.59. The van der Waals surface area contributed by atoms with Gasteiger partial charge in [0.25, 0.3) is 10.1 Å². The predicted octanol–water partition coefficient (Wildman–Crippen LogP) is 4.34. The van der Waals surface area contributed by atoms with Gasteiger partial charge in [0.15, 0.2) is 11.6 Å². The van der Waals surface area contributed by atoms with Gasteiger partial charge in [-0.15, -0.1) is 0 Å². The van der Waals surface area contributed by atoms with Crippen molar-refractivity contribution >= 4 is 21.2 Å². The first-order valence-corrected chi connectivity index (χ1v) is 12.4. The minimum absolute atomic E-state index is 0.0216. The van der Waals surface area contributed by atoms with Crippen molar-refractivity contribution < 1.29 is 21.4 Å². The highest BCUT2D eigenvalue weighted by Crippen LogP contribution is 2.27. The van der Waals surface area contributed by atoms with E-state index in [0.717, 1.165) is 23.3 Å². The third-order valence-corrected chi connectivity index (χ3v) is 6.96. The molecule has 3 heterocycles. The Labute approximate surface area is 206 Å². The Balaban J connectivity index is 1.47. The zero-order valence-corrected chi connectivity index (χ0v) is 20.0. The van der Waals surface area contributed by atoms with Crippen LogP contribution in [0.15, 0.2) is 78.5 Å².